The maximum atomic E-state index is 12.7. The maximum Gasteiger partial charge on any atom is 0.220 e. The number of nitrogens with one attached hydrogen (secondary N) is 1. The molecule has 6 rings (SSSR count). The van der Waals surface area contributed by atoms with Gasteiger partial charge in [-0.2, -0.15) is 0 Å². The topological polar surface area (TPSA) is 46.4 Å². The Morgan fingerprint density at radius 2 is 1.58 bits per heavy atom. The zero-order valence-corrected chi connectivity index (χ0v) is 20.5. The van der Waals surface area contributed by atoms with E-state index in [4.69, 9.17) is 4.98 Å². The number of thiophene rings is 1. The summed E-state index contributed by atoms with van der Waals surface area (Å²) in [5.74, 6) is 0.0356. The summed E-state index contributed by atoms with van der Waals surface area (Å²) in [5.41, 5.74) is 6.17. The molecule has 0 radical (unpaired) electrons. The van der Waals surface area contributed by atoms with E-state index in [9.17, 15) is 4.79 Å². The van der Waals surface area contributed by atoms with Gasteiger partial charge in [0.2, 0.25) is 5.91 Å². The fourth-order valence-corrected chi connectivity index (χ4v) is 5.60. The van der Waals surface area contributed by atoms with Crippen molar-refractivity contribution < 1.29 is 4.79 Å². The third kappa shape index (κ3) is 4.53. The molecule has 0 saturated carbocycles. The summed E-state index contributed by atoms with van der Waals surface area (Å²) in [6.45, 7) is 0.536. The van der Waals surface area contributed by atoms with Crippen LogP contribution in [0.15, 0.2) is 109 Å². The standard InChI is InChI=1S/C31H25N3OS/c35-30(32-20-22-9-3-1-4-10-22)18-16-26-31(23-11-5-2-6-12-23)33-29-17-15-25(21-34(26)29)28-19-24-13-7-8-14-27(24)36-28/h1-15,17,19,21H,16,18,20H2,(H,32,35). The molecule has 0 spiro atoms. The summed E-state index contributed by atoms with van der Waals surface area (Å²) < 4.78 is 3.44. The molecule has 3 aromatic carbocycles. The first kappa shape index (κ1) is 22.3. The summed E-state index contributed by atoms with van der Waals surface area (Å²) >= 11 is 1.79. The molecule has 3 heterocycles. The lowest BCUT2D eigenvalue weighted by molar-refractivity contribution is -0.121. The molecule has 4 nitrogen and oxygen atoms in total. The van der Waals surface area contributed by atoms with Crippen molar-refractivity contribution in [3.8, 4) is 21.7 Å². The van der Waals surface area contributed by atoms with E-state index in [1.165, 1.54) is 15.0 Å². The zero-order valence-electron chi connectivity index (χ0n) is 19.7. The first-order valence-electron chi connectivity index (χ1n) is 12.1. The van der Waals surface area contributed by atoms with Gasteiger partial charge in [0.05, 0.1) is 11.4 Å². The third-order valence-corrected chi connectivity index (χ3v) is 7.56. The molecule has 36 heavy (non-hydrogen) atoms. The minimum atomic E-state index is 0.0356. The van der Waals surface area contributed by atoms with Gasteiger partial charge in [0.15, 0.2) is 0 Å². The third-order valence-electron chi connectivity index (χ3n) is 6.40. The second kappa shape index (κ2) is 9.80. The van der Waals surface area contributed by atoms with Crippen molar-refractivity contribution in [3.05, 3.63) is 121 Å². The van der Waals surface area contributed by atoms with Crippen LogP contribution in [-0.4, -0.2) is 15.3 Å². The molecule has 0 unspecified atom stereocenters. The Labute approximate surface area is 213 Å². The van der Waals surface area contributed by atoms with Gasteiger partial charge in [0.1, 0.15) is 5.65 Å². The van der Waals surface area contributed by atoms with Crippen molar-refractivity contribution in [3.63, 3.8) is 0 Å². The Bertz CT molecular complexity index is 1620. The molecule has 5 heteroatoms. The number of carbonyl (C=O) groups is 1. The first-order chi connectivity index (χ1) is 17.7. The molecule has 1 amide bonds. The molecule has 6 aromatic rings. The second-order valence-corrected chi connectivity index (χ2v) is 9.91. The molecule has 0 saturated heterocycles. The number of hydrogen-bond donors (Lipinski definition) is 1. The maximum absolute atomic E-state index is 12.7. The van der Waals surface area contributed by atoms with E-state index in [0.29, 0.717) is 19.4 Å². The van der Waals surface area contributed by atoms with Crippen molar-refractivity contribution in [2.24, 2.45) is 0 Å². The number of benzene rings is 3. The molecule has 0 aliphatic heterocycles. The second-order valence-electron chi connectivity index (χ2n) is 8.83. The average Bonchev–Trinajstić information content (AvgIpc) is 3.53. The molecule has 0 aliphatic carbocycles. The molecule has 176 valence electrons. The number of rotatable bonds is 7. The number of amides is 1. The van der Waals surface area contributed by atoms with E-state index in [2.05, 4.69) is 70.5 Å². The van der Waals surface area contributed by atoms with Gasteiger partial charge in [-0.1, -0.05) is 78.9 Å². The first-order valence-corrected chi connectivity index (χ1v) is 12.9. The van der Waals surface area contributed by atoms with Crippen molar-refractivity contribution in [1.29, 1.82) is 0 Å². The molecule has 3 aromatic heterocycles. The number of aromatic nitrogens is 2. The van der Waals surface area contributed by atoms with Crippen LogP contribution in [0.2, 0.25) is 0 Å². The van der Waals surface area contributed by atoms with E-state index in [-0.39, 0.29) is 5.91 Å². The lowest BCUT2D eigenvalue weighted by Crippen LogP contribution is -2.23. The smallest absolute Gasteiger partial charge is 0.220 e. The van der Waals surface area contributed by atoms with Gasteiger partial charge in [-0.05, 0) is 41.6 Å². The van der Waals surface area contributed by atoms with E-state index in [0.717, 1.165) is 33.7 Å². The van der Waals surface area contributed by atoms with Crippen LogP contribution < -0.4 is 5.32 Å². The van der Waals surface area contributed by atoms with Crippen LogP contribution in [0.5, 0.6) is 0 Å². The number of carbonyl (C=O) groups excluding carboxylic acids is 1. The number of aryl methyl sites for hydroxylation is 1. The van der Waals surface area contributed by atoms with Gasteiger partial charge in [0.25, 0.3) is 0 Å². The van der Waals surface area contributed by atoms with Crippen LogP contribution >= 0.6 is 11.3 Å². The van der Waals surface area contributed by atoms with Gasteiger partial charge in [-0.25, -0.2) is 4.98 Å². The highest BCUT2D eigenvalue weighted by atomic mass is 32.1. The molecular weight excluding hydrogens is 462 g/mol. The van der Waals surface area contributed by atoms with Crippen molar-refractivity contribution in [2.45, 2.75) is 19.4 Å². The number of imidazole rings is 1. The Morgan fingerprint density at radius 1 is 0.833 bits per heavy atom. The highest BCUT2D eigenvalue weighted by Crippen LogP contribution is 2.34. The minimum absolute atomic E-state index is 0.0356. The van der Waals surface area contributed by atoms with Crippen LogP contribution in [0.4, 0.5) is 0 Å². The van der Waals surface area contributed by atoms with Crippen LogP contribution in [0.25, 0.3) is 37.4 Å². The lowest BCUT2D eigenvalue weighted by Gasteiger charge is -2.08. The zero-order chi connectivity index (χ0) is 24.3. The summed E-state index contributed by atoms with van der Waals surface area (Å²) in [7, 11) is 0. The molecule has 0 bridgehead atoms. The monoisotopic (exact) mass is 487 g/mol. The van der Waals surface area contributed by atoms with Gasteiger partial charge >= 0.3 is 0 Å². The van der Waals surface area contributed by atoms with E-state index < -0.39 is 0 Å². The summed E-state index contributed by atoms with van der Waals surface area (Å²) in [6.07, 6.45) is 3.16. The van der Waals surface area contributed by atoms with E-state index in [1.807, 2.05) is 48.5 Å². The SMILES string of the molecule is O=C(CCc1c(-c2ccccc2)nc2ccc(-c3cc4ccccc4s3)cn12)NCc1ccccc1. The van der Waals surface area contributed by atoms with Crippen LogP contribution in [0.1, 0.15) is 17.7 Å². The van der Waals surface area contributed by atoms with Gasteiger partial charge < -0.3 is 9.72 Å². The van der Waals surface area contributed by atoms with Crippen LogP contribution in [-0.2, 0) is 17.8 Å². The van der Waals surface area contributed by atoms with E-state index >= 15 is 0 Å². The largest absolute Gasteiger partial charge is 0.352 e. The predicted molar refractivity (Wildman–Crippen MR) is 148 cm³/mol. The number of nitrogens with zero attached hydrogens (tertiary/aromatic N) is 2. The van der Waals surface area contributed by atoms with Crippen LogP contribution in [0, 0.1) is 0 Å². The minimum Gasteiger partial charge on any atom is -0.352 e. The molecule has 0 fully saturated rings. The Morgan fingerprint density at radius 3 is 2.39 bits per heavy atom. The fraction of sp³-hybridized carbons (Fsp3) is 0.0968. The Balaban J connectivity index is 1.33. The molecular formula is C31H25N3OS. The van der Waals surface area contributed by atoms with E-state index in [1.54, 1.807) is 11.3 Å². The summed E-state index contributed by atoms with van der Waals surface area (Å²) in [6, 6.07) is 35.1. The Hall–Kier alpha value is -4.22. The predicted octanol–water partition coefficient (Wildman–Crippen LogP) is 7.13. The average molecular weight is 488 g/mol. The van der Waals surface area contributed by atoms with Crippen molar-refractivity contribution in [1.82, 2.24) is 14.7 Å². The van der Waals surface area contributed by atoms with Crippen LogP contribution in [0.3, 0.4) is 0 Å². The number of hydrogen-bond acceptors (Lipinski definition) is 3. The van der Waals surface area contributed by atoms with Gasteiger partial charge in [-0.3, -0.25) is 4.79 Å². The highest BCUT2D eigenvalue weighted by Gasteiger charge is 2.16. The quantitative estimate of drug-likeness (QED) is 0.260. The Kier molecular flexibility index (Phi) is 6.06. The number of pyridine rings is 1. The highest BCUT2D eigenvalue weighted by molar-refractivity contribution is 7.22. The van der Waals surface area contributed by atoms with Gasteiger partial charge in [-0.15, -0.1) is 11.3 Å². The van der Waals surface area contributed by atoms with Crippen molar-refractivity contribution in [2.75, 3.05) is 0 Å². The fourth-order valence-electron chi connectivity index (χ4n) is 4.55. The number of fused-ring (bicyclic) bond motifs is 2. The molecule has 0 atom stereocenters. The van der Waals surface area contributed by atoms with Crippen molar-refractivity contribution >= 4 is 33.0 Å². The van der Waals surface area contributed by atoms with Gasteiger partial charge in [0, 0.05) is 39.9 Å². The molecule has 1 N–H and O–H groups in total. The summed E-state index contributed by atoms with van der Waals surface area (Å²) in [4.78, 5) is 18.9. The normalized spacial score (nSPS) is 11.2. The lowest BCUT2D eigenvalue weighted by atomic mass is 10.1. The summed E-state index contributed by atoms with van der Waals surface area (Å²) in [5, 5.41) is 4.31. The molecule has 0 aliphatic rings.